The maximum Gasteiger partial charge on any atom is 0.260 e. The van der Waals surface area contributed by atoms with Crippen molar-refractivity contribution in [3.8, 4) is 16.9 Å². The number of carbonyl (C=O) groups excluding carboxylic acids is 1. The van der Waals surface area contributed by atoms with Gasteiger partial charge in [-0.15, -0.1) is 0 Å². The molecule has 1 aromatic carbocycles. The van der Waals surface area contributed by atoms with Crippen molar-refractivity contribution in [3.63, 3.8) is 0 Å². The minimum absolute atomic E-state index is 0.322. The van der Waals surface area contributed by atoms with Crippen LogP contribution in [0.15, 0.2) is 55.2 Å². The van der Waals surface area contributed by atoms with Crippen molar-refractivity contribution >= 4 is 22.8 Å². The van der Waals surface area contributed by atoms with Crippen LogP contribution in [0.4, 0.5) is 5.82 Å². The van der Waals surface area contributed by atoms with Gasteiger partial charge in [0.05, 0.1) is 38.2 Å². The fraction of sp³-hybridized carbons (Fsp3) is 0.190. The smallest absolute Gasteiger partial charge is 0.260 e. The molecule has 3 aromatic heterocycles. The topological polar surface area (TPSA) is 104 Å². The van der Waals surface area contributed by atoms with Crippen molar-refractivity contribution in [1.82, 2.24) is 24.7 Å². The first kappa shape index (κ1) is 19.5. The van der Waals surface area contributed by atoms with E-state index in [9.17, 15) is 4.79 Å². The SMILES string of the molecule is COCCn1cc(C(=O)Nc2cnc3c(-c4ccncc4)ccc(OC)c3n2)cn1. The first-order chi connectivity index (χ1) is 14.7. The maximum atomic E-state index is 12.6. The number of amides is 1. The highest BCUT2D eigenvalue weighted by molar-refractivity contribution is 6.04. The monoisotopic (exact) mass is 404 g/mol. The Morgan fingerprint density at radius 1 is 1.10 bits per heavy atom. The molecule has 152 valence electrons. The molecule has 0 unspecified atom stereocenters. The van der Waals surface area contributed by atoms with Gasteiger partial charge in [0.2, 0.25) is 0 Å². The molecule has 4 aromatic rings. The van der Waals surface area contributed by atoms with Gasteiger partial charge in [-0.05, 0) is 29.8 Å². The summed E-state index contributed by atoms with van der Waals surface area (Å²) in [6, 6.07) is 7.57. The molecule has 1 amide bonds. The predicted molar refractivity (Wildman–Crippen MR) is 111 cm³/mol. The summed E-state index contributed by atoms with van der Waals surface area (Å²) >= 11 is 0. The molecule has 9 nitrogen and oxygen atoms in total. The molecule has 0 atom stereocenters. The number of nitrogens with zero attached hydrogens (tertiary/aromatic N) is 5. The minimum Gasteiger partial charge on any atom is -0.494 e. The fourth-order valence-electron chi connectivity index (χ4n) is 3.04. The molecule has 0 aliphatic rings. The van der Waals surface area contributed by atoms with Gasteiger partial charge in [-0.25, -0.2) is 9.97 Å². The second-order valence-electron chi connectivity index (χ2n) is 6.44. The van der Waals surface area contributed by atoms with Crippen molar-refractivity contribution < 1.29 is 14.3 Å². The van der Waals surface area contributed by atoms with Crippen LogP contribution in [0, 0.1) is 0 Å². The van der Waals surface area contributed by atoms with E-state index >= 15 is 0 Å². The normalized spacial score (nSPS) is 10.9. The number of hydrogen-bond donors (Lipinski definition) is 1. The van der Waals surface area contributed by atoms with Gasteiger partial charge >= 0.3 is 0 Å². The highest BCUT2D eigenvalue weighted by Crippen LogP contribution is 2.32. The van der Waals surface area contributed by atoms with Crippen molar-refractivity contribution in [2.24, 2.45) is 0 Å². The van der Waals surface area contributed by atoms with E-state index in [-0.39, 0.29) is 5.91 Å². The van der Waals surface area contributed by atoms with Crippen LogP contribution in [-0.4, -0.2) is 51.5 Å². The Balaban J connectivity index is 1.64. The molecule has 0 spiro atoms. The molecule has 0 saturated heterocycles. The molecular formula is C21H20N6O3. The van der Waals surface area contributed by atoms with Crippen molar-refractivity contribution in [2.75, 3.05) is 26.1 Å². The summed E-state index contributed by atoms with van der Waals surface area (Å²) in [4.78, 5) is 25.8. The van der Waals surface area contributed by atoms with E-state index in [2.05, 4.69) is 25.4 Å². The molecule has 3 heterocycles. The third kappa shape index (κ3) is 3.96. The lowest BCUT2D eigenvalue weighted by molar-refractivity contribution is 0.102. The Morgan fingerprint density at radius 2 is 1.93 bits per heavy atom. The standard InChI is InChI=1S/C21H20N6O3/c1-29-10-9-27-13-15(11-24-27)21(28)26-18-12-23-19-16(14-5-7-22-8-6-14)3-4-17(30-2)20(19)25-18/h3-8,11-13H,9-10H2,1-2H3,(H,25,26,28). The number of pyridine rings is 1. The van der Waals surface area contributed by atoms with Crippen LogP contribution in [0.3, 0.4) is 0 Å². The van der Waals surface area contributed by atoms with E-state index in [1.165, 1.54) is 12.4 Å². The Hall–Kier alpha value is -3.85. The summed E-state index contributed by atoms with van der Waals surface area (Å²) in [5.74, 6) is 0.567. The second-order valence-corrected chi connectivity index (χ2v) is 6.44. The van der Waals surface area contributed by atoms with Gasteiger partial charge in [0.1, 0.15) is 16.8 Å². The van der Waals surface area contributed by atoms with Gasteiger partial charge in [0.25, 0.3) is 5.91 Å². The number of nitrogens with one attached hydrogen (secondary N) is 1. The minimum atomic E-state index is -0.323. The molecule has 0 fully saturated rings. The largest absolute Gasteiger partial charge is 0.494 e. The fourth-order valence-corrected chi connectivity index (χ4v) is 3.04. The van der Waals surface area contributed by atoms with Gasteiger partial charge in [-0.3, -0.25) is 14.5 Å². The molecular weight excluding hydrogens is 384 g/mol. The quantitative estimate of drug-likeness (QED) is 0.505. The van der Waals surface area contributed by atoms with E-state index in [1.807, 2.05) is 24.3 Å². The van der Waals surface area contributed by atoms with Gasteiger partial charge < -0.3 is 14.8 Å². The number of methoxy groups -OCH3 is 2. The van der Waals surface area contributed by atoms with E-state index in [0.29, 0.717) is 41.3 Å². The van der Waals surface area contributed by atoms with Crippen molar-refractivity contribution in [3.05, 3.63) is 60.8 Å². The maximum absolute atomic E-state index is 12.6. The van der Waals surface area contributed by atoms with E-state index in [1.54, 1.807) is 37.5 Å². The van der Waals surface area contributed by atoms with Crippen LogP contribution in [0.25, 0.3) is 22.2 Å². The molecule has 0 saturated carbocycles. The van der Waals surface area contributed by atoms with E-state index in [0.717, 1.165) is 11.1 Å². The molecule has 1 N–H and O–H groups in total. The number of benzene rings is 1. The number of ether oxygens (including phenoxy) is 2. The number of carbonyl (C=O) groups is 1. The van der Waals surface area contributed by atoms with Crippen LogP contribution >= 0.6 is 0 Å². The molecule has 4 rings (SSSR count). The zero-order valence-corrected chi connectivity index (χ0v) is 16.6. The summed E-state index contributed by atoms with van der Waals surface area (Å²) in [7, 11) is 3.19. The van der Waals surface area contributed by atoms with Crippen molar-refractivity contribution in [2.45, 2.75) is 6.54 Å². The third-order valence-corrected chi connectivity index (χ3v) is 4.54. The average molecular weight is 404 g/mol. The Bertz CT molecular complexity index is 1180. The summed E-state index contributed by atoms with van der Waals surface area (Å²) < 4.78 is 12.1. The molecule has 9 heteroatoms. The van der Waals surface area contributed by atoms with Gasteiger partial charge in [-0.1, -0.05) is 0 Å². The van der Waals surface area contributed by atoms with E-state index in [4.69, 9.17) is 9.47 Å². The number of aromatic nitrogens is 5. The van der Waals surface area contributed by atoms with Crippen LogP contribution in [0.2, 0.25) is 0 Å². The highest BCUT2D eigenvalue weighted by atomic mass is 16.5. The zero-order valence-electron chi connectivity index (χ0n) is 16.6. The molecule has 0 radical (unpaired) electrons. The van der Waals surface area contributed by atoms with Gasteiger partial charge in [0.15, 0.2) is 5.82 Å². The molecule has 0 aliphatic heterocycles. The van der Waals surface area contributed by atoms with Crippen LogP contribution in [-0.2, 0) is 11.3 Å². The lowest BCUT2D eigenvalue weighted by Crippen LogP contribution is -2.13. The Kier molecular flexibility index (Phi) is 5.62. The Labute approximate surface area is 172 Å². The first-order valence-corrected chi connectivity index (χ1v) is 9.26. The van der Waals surface area contributed by atoms with E-state index < -0.39 is 0 Å². The number of hydrogen-bond acceptors (Lipinski definition) is 7. The molecule has 0 bridgehead atoms. The van der Waals surface area contributed by atoms with Crippen LogP contribution < -0.4 is 10.1 Å². The first-order valence-electron chi connectivity index (χ1n) is 9.26. The number of fused-ring (bicyclic) bond motifs is 1. The lowest BCUT2D eigenvalue weighted by Gasteiger charge is -2.11. The predicted octanol–water partition coefficient (Wildman–Crippen LogP) is 2.80. The van der Waals surface area contributed by atoms with Crippen LogP contribution in [0.5, 0.6) is 5.75 Å². The summed E-state index contributed by atoms with van der Waals surface area (Å²) in [5.41, 5.74) is 3.52. The zero-order chi connectivity index (χ0) is 20.9. The van der Waals surface area contributed by atoms with Crippen molar-refractivity contribution in [1.29, 1.82) is 0 Å². The summed E-state index contributed by atoms with van der Waals surface area (Å²) in [5, 5.41) is 6.92. The highest BCUT2D eigenvalue weighted by Gasteiger charge is 2.15. The summed E-state index contributed by atoms with van der Waals surface area (Å²) in [6.45, 7) is 1.08. The molecule has 0 aliphatic carbocycles. The third-order valence-electron chi connectivity index (χ3n) is 4.54. The number of anilines is 1. The lowest BCUT2D eigenvalue weighted by atomic mass is 10.0. The van der Waals surface area contributed by atoms with Gasteiger partial charge in [0, 0.05) is 31.3 Å². The average Bonchev–Trinajstić information content (AvgIpc) is 3.26. The second kappa shape index (κ2) is 8.66. The molecule has 30 heavy (non-hydrogen) atoms. The Morgan fingerprint density at radius 3 is 2.70 bits per heavy atom. The van der Waals surface area contributed by atoms with Gasteiger partial charge in [-0.2, -0.15) is 5.10 Å². The van der Waals surface area contributed by atoms with Crippen LogP contribution in [0.1, 0.15) is 10.4 Å². The number of rotatable bonds is 7. The summed E-state index contributed by atoms with van der Waals surface area (Å²) in [6.07, 6.45) is 8.13.